The first-order chi connectivity index (χ1) is 15.8. The number of ether oxygens (including phenoxy) is 1. The molecular formula is C23H24FN3O4S2. The Bertz CT molecular complexity index is 1280. The lowest BCUT2D eigenvalue weighted by molar-refractivity contribution is 0.0917. The van der Waals surface area contributed by atoms with E-state index in [-0.39, 0.29) is 28.8 Å². The minimum absolute atomic E-state index is 0.0575. The zero-order valence-electron chi connectivity index (χ0n) is 18.1. The van der Waals surface area contributed by atoms with Crippen LogP contribution in [0.4, 0.5) is 9.52 Å². The van der Waals surface area contributed by atoms with E-state index >= 15 is 0 Å². The molecule has 1 atom stereocenters. The van der Waals surface area contributed by atoms with Crippen LogP contribution in [0.25, 0.3) is 10.2 Å². The van der Waals surface area contributed by atoms with Gasteiger partial charge in [-0.3, -0.25) is 9.69 Å². The average molecular weight is 490 g/mol. The fourth-order valence-electron chi connectivity index (χ4n) is 3.97. The molecule has 1 aromatic heterocycles. The quantitative estimate of drug-likeness (QED) is 0.500. The number of anilines is 1. The van der Waals surface area contributed by atoms with Gasteiger partial charge in [0.05, 0.1) is 27.8 Å². The third kappa shape index (κ3) is 4.52. The highest BCUT2D eigenvalue weighted by molar-refractivity contribution is 7.89. The Balaban J connectivity index is 1.44. The molecule has 174 valence electrons. The molecule has 0 N–H and O–H groups in total. The Kier molecular flexibility index (Phi) is 5.94. The minimum atomic E-state index is -3.59. The van der Waals surface area contributed by atoms with Gasteiger partial charge in [-0.15, -0.1) is 0 Å². The summed E-state index contributed by atoms with van der Waals surface area (Å²) >= 11 is 1.24. The number of aromatic nitrogens is 1. The van der Waals surface area contributed by atoms with Gasteiger partial charge in [0, 0.05) is 25.3 Å². The van der Waals surface area contributed by atoms with Crippen molar-refractivity contribution in [2.24, 2.45) is 0 Å². The molecule has 2 fully saturated rings. The summed E-state index contributed by atoms with van der Waals surface area (Å²) in [6.07, 6.45) is 3.41. The standard InChI is InChI=1S/C23H24FN3O4S2/c1-26(17-7-8-17)33(29,30)19-9-4-15(5-10-19)22(28)27(14-18-3-2-12-31-18)23-25-20-11-6-16(24)13-21(20)32-23/h4-6,9-11,13,17-18H,2-3,7-8,12,14H2,1H3. The molecule has 1 saturated carbocycles. The SMILES string of the molecule is CN(C1CC1)S(=O)(=O)c1ccc(C(=O)N(CC2CCCO2)c2nc3ccc(F)cc3s2)cc1. The van der Waals surface area contributed by atoms with Crippen LogP contribution in [-0.2, 0) is 14.8 Å². The summed E-state index contributed by atoms with van der Waals surface area (Å²) in [5, 5.41) is 0.460. The van der Waals surface area contributed by atoms with Crippen molar-refractivity contribution in [1.82, 2.24) is 9.29 Å². The first-order valence-corrected chi connectivity index (χ1v) is 13.2. The first-order valence-electron chi connectivity index (χ1n) is 10.9. The molecule has 1 saturated heterocycles. The number of hydrogen-bond acceptors (Lipinski definition) is 6. The lowest BCUT2D eigenvalue weighted by Gasteiger charge is -2.23. The Morgan fingerprint density at radius 3 is 2.61 bits per heavy atom. The van der Waals surface area contributed by atoms with E-state index in [9.17, 15) is 17.6 Å². The predicted molar refractivity (Wildman–Crippen MR) is 125 cm³/mol. The number of halogens is 1. The van der Waals surface area contributed by atoms with Gasteiger partial charge in [-0.1, -0.05) is 11.3 Å². The van der Waals surface area contributed by atoms with Gasteiger partial charge in [0.1, 0.15) is 5.82 Å². The van der Waals surface area contributed by atoms with Crippen LogP contribution in [-0.4, -0.2) is 56.0 Å². The van der Waals surface area contributed by atoms with Gasteiger partial charge in [0.15, 0.2) is 5.13 Å². The lowest BCUT2D eigenvalue weighted by atomic mass is 10.2. The molecule has 1 amide bonds. The van der Waals surface area contributed by atoms with Gasteiger partial charge >= 0.3 is 0 Å². The Morgan fingerprint density at radius 2 is 1.94 bits per heavy atom. The topological polar surface area (TPSA) is 79.8 Å². The molecular weight excluding hydrogens is 465 g/mol. The fraction of sp³-hybridized carbons (Fsp3) is 0.391. The molecule has 2 aromatic carbocycles. The third-order valence-electron chi connectivity index (χ3n) is 6.06. The zero-order valence-corrected chi connectivity index (χ0v) is 19.7. The molecule has 2 heterocycles. The molecule has 10 heteroatoms. The molecule has 1 unspecified atom stereocenters. The number of rotatable bonds is 7. The number of fused-ring (bicyclic) bond motifs is 1. The number of sulfonamides is 1. The highest BCUT2D eigenvalue weighted by atomic mass is 32.2. The number of thiazole rings is 1. The van der Waals surface area contributed by atoms with E-state index in [2.05, 4.69) is 4.98 Å². The van der Waals surface area contributed by atoms with Crippen molar-refractivity contribution >= 4 is 42.6 Å². The molecule has 5 rings (SSSR count). The van der Waals surface area contributed by atoms with Crippen LogP contribution < -0.4 is 4.90 Å². The summed E-state index contributed by atoms with van der Waals surface area (Å²) < 4.78 is 47.0. The molecule has 33 heavy (non-hydrogen) atoms. The van der Waals surface area contributed by atoms with Crippen molar-refractivity contribution in [1.29, 1.82) is 0 Å². The van der Waals surface area contributed by atoms with Crippen LogP contribution in [0.3, 0.4) is 0 Å². The van der Waals surface area contributed by atoms with E-state index in [0.29, 0.717) is 34.1 Å². The zero-order chi connectivity index (χ0) is 23.2. The maximum Gasteiger partial charge on any atom is 0.260 e. The summed E-state index contributed by atoms with van der Waals surface area (Å²) in [5.41, 5.74) is 0.970. The average Bonchev–Trinajstić information content (AvgIpc) is 3.36. The Labute approximate surface area is 195 Å². The molecule has 0 bridgehead atoms. The Morgan fingerprint density at radius 1 is 1.18 bits per heavy atom. The molecule has 1 aliphatic carbocycles. The van der Waals surface area contributed by atoms with Crippen LogP contribution in [0.15, 0.2) is 47.4 Å². The number of carbonyl (C=O) groups is 1. The summed E-state index contributed by atoms with van der Waals surface area (Å²) in [7, 11) is -2.00. The van der Waals surface area contributed by atoms with E-state index in [1.54, 1.807) is 18.0 Å². The van der Waals surface area contributed by atoms with Gasteiger partial charge in [-0.2, -0.15) is 4.31 Å². The van der Waals surface area contributed by atoms with E-state index in [1.807, 2.05) is 0 Å². The van der Waals surface area contributed by atoms with Crippen molar-refractivity contribution in [3.63, 3.8) is 0 Å². The number of amides is 1. The predicted octanol–water partition coefficient (Wildman–Crippen LogP) is 4.04. The maximum absolute atomic E-state index is 13.7. The highest BCUT2D eigenvalue weighted by Gasteiger charge is 2.35. The van der Waals surface area contributed by atoms with E-state index < -0.39 is 10.0 Å². The number of nitrogens with zero attached hydrogens (tertiary/aromatic N) is 3. The summed E-state index contributed by atoms with van der Waals surface area (Å²) in [5.74, 6) is -0.660. The highest BCUT2D eigenvalue weighted by Crippen LogP contribution is 2.33. The van der Waals surface area contributed by atoms with Crippen molar-refractivity contribution in [3.05, 3.63) is 53.8 Å². The van der Waals surface area contributed by atoms with Gasteiger partial charge in [0.25, 0.3) is 5.91 Å². The van der Waals surface area contributed by atoms with E-state index in [1.165, 1.54) is 52.0 Å². The molecule has 3 aromatic rings. The van der Waals surface area contributed by atoms with Crippen LogP contribution in [0.2, 0.25) is 0 Å². The largest absolute Gasteiger partial charge is 0.376 e. The Hall–Kier alpha value is -2.40. The number of benzene rings is 2. The maximum atomic E-state index is 13.7. The van der Waals surface area contributed by atoms with Crippen LogP contribution >= 0.6 is 11.3 Å². The minimum Gasteiger partial charge on any atom is -0.376 e. The molecule has 2 aliphatic rings. The van der Waals surface area contributed by atoms with Crippen LogP contribution in [0.1, 0.15) is 36.0 Å². The van der Waals surface area contributed by atoms with Gasteiger partial charge in [-0.05, 0) is 68.1 Å². The molecule has 1 aliphatic heterocycles. The van der Waals surface area contributed by atoms with Gasteiger partial charge in [-0.25, -0.2) is 17.8 Å². The first kappa shape index (κ1) is 22.4. The number of hydrogen-bond donors (Lipinski definition) is 0. The molecule has 7 nitrogen and oxygen atoms in total. The van der Waals surface area contributed by atoms with Crippen molar-refractivity contribution < 1.29 is 22.3 Å². The monoisotopic (exact) mass is 489 g/mol. The van der Waals surface area contributed by atoms with Crippen LogP contribution in [0, 0.1) is 5.82 Å². The molecule has 0 radical (unpaired) electrons. The smallest absolute Gasteiger partial charge is 0.260 e. The van der Waals surface area contributed by atoms with Crippen molar-refractivity contribution in [2.45, 2.75) is 42.7 Å². The van der Waals surface area contributed by atoms with E-state index in [4.69, 9.17) is 4.74 Å². The summed E-state index contributed by atoms with van der Waals surface area (Å²) in [4.78, 5) is 19.8. The van der Waals surface area contributed by atoms with E-state index in [0.717, 1.165) is 25.7 Å². The van der Waals surface area contributed by atoms with Crippen LogP contribution in [0.5, 0.6) is 0 Å². The number of carbonyl (C=O) groups excluding carboxylic acids is 1. The third-order valence-corrected chi connectivity index (χ3v) is 9.03. The van der Waals surface area contributed by atoms with Crippen molar-refractivity contribution in [3.8, 4) is 0 Å². The normalized spacial score (nSPS) is 18.8. The summed E-state index contributed by atoms with van der Waals surface area (Å²) in [6, 6.07) is 10.4. The second-order valence-electron chi connectivity index (χ2n) is 8.44. The second kappa shape index (κ2) is 8.75. The van der Waals surface area contributed by atoms with Crippen molar-refractivity contribution in [2.75, 3.05) is 25.1 Å². The second-order valence-corrected chi connectivity index (χ2v) is 11.4. The lowest BCUT2D eigenvalue weighted by Crippen LogP contribution is -2.37. The van der Waals surface area contributed by atoms with Gasteiger partial charge in [0.2, 0.25) is 10.0 Å². The summed E-state index contributed by atoms with van der Waals surface area (Å²) in [6.45, 7) is 0.977. The molecule has 0 spiro atoms. The fourth-order valence-corrected chi connectivity index (χ4v) is 6.38. The van der Waals surface area contributed by atoms with Gasteiger partial charge < -0.3 is 4.74 Å².